The Hall–Kier alpha value is -2.93. The van der Waals surface area contributed by atoms with Crippen LogP contribution in [0.2, 0.25) is 5.02 Å². The fourth-order valence-electron chi connectivity index (χ4n) is 2.33. The van der Waals surface area contributed by atoms with E-state index in [4.69, 9.17) is 16.3 Å². The van der Waals surface area contributed by atoms with Crippen LogP contribution in [0.25, 0.3) is 0 Å². The molecular weight excluding hydrogens is 354 g/mol. The third kappa shape index (κ3) is 4.58. The molecule has 1 amide bonds. The normalized spacial score (nSPS) is 10.5. The molecule has 8 heteroatoms. The van der Waals surface area contributed by atoms with Crippen LogP contribution in [-0.4, -0.2) is 26.1 Å². The summed E-state index contributed by atoms with van der Waals surface area (Å²) in [6, 6.07) is 14.3. The van der Waals surface area contributed by atoms with Gasteiger partial charge in [-0.05, 0) is 53.2 Å². The van der Waals surface area contributed by atoms with Crippen LogP contribution in [0.1, 0.15) is 28.7 Å². The third-order valence-electron chi connectivity index (χ3n) is 3.74. The number of rotatable bonds is 7. The summed E-state index contributed by atoms with van der Waals surface area (Å²) in [6.45, 7) is 3.27. The van der Waals surface area contributed by atoms with Crippen molar-refractivity contribution in [1.29, 1.82) is 0 Å². The molecule has 7 nitrogen and oxygen atoms in total. The second-order valence-electron chi connectivity index (χ2n) is 5.54. The van der Waals surface area contributed by atoms with Crippen LogP contribution in [-0.2, 0) is 19.7 Å². The molecule has 2 aromatic carbocycles. The highest BCUT2D eigenvalue weighted by atomic mass is 35.5. The molecule has 26 heavy (non-hydrogen) atoms. The highest BCUT2D eigenvalue weighted by Crippen LogP contribution is 2.15. The van der Waals surface area contributed by atoms with E-state index in [1.54, 1.807) is 41.1 Å². The second-order valence-corrected chi connectivity index (χ2v) is 5.97. The Morgan fingerprint density at radius 3 is 2.81 bits per heavy atom. The van der Waals surface area contributed by atoms with Crippen LogP contribution in [0.4, 0.5) is 0 Å². The Kier molecular flexibility index (Phi) is 5.80. The van der Waals surface area contributed by atoms with E-state index in [0.29, 0.717) is 35.2 Å². The van der Waals surface area contributed by atoms with Gasteiger partial charge in [-0.3, -0.25) is 4.79 Å². The number of hydrogen-bond donors (Lipinski definition) is 1. The Balaban J connectivity index is 1.59. The predicted octanol–water partition coefficient (Wildman–Crippen LogP) is 2.86. The first kappa shape index (κ1) is 17.9. The first-order valence-electron chi connectivity index (χ1n) is 8.16. The van der Waals surface area contributed by atoms with E-state index in [9.17, 15) is 4.79 Å². The average molecular weight is 372 g/mol. The largest absolute Gasteiger partial charge is 0.486 e. The average Bonchev–Trinajstić information content (AvgIpc) is 3.13. The second kappa shape index (κ2) is 8.44. The van der Waals surface area contributed by atoms with Gasteiger partial charge in [0.2, 0.25) is 0 Å². The third-order valence-corrected chi connectivity index (χ3v) is 3.99. The lowest BCUT2D eigenvalue weighted by atomic mass is 10.2. The summed E-state index contributed by atoms with van der Waals surface area (Å²) in [7, 11) is 0. The molecule has 0 aliphatic rings. The number of tetrazole rings is 1. The molecule has 134 valence electrons. The predicted molar refractivity (Wildman–Crippen MR) is 96.9 cm³/mol. The number of amides is 1. The molecule has 0 bridgehead atoms. The van der Waals surface area contributed by atoms with Crippen molar-refractivity contribution in [2.75, 3.05) is 0 Å². The van der Waals surface area contributed by atoms with Crippen LogP contribution < -0.4 is 10.1 Å². The molecule has 0 fully saturated rings. The minimum atomic E-state index is -0.177. The molecule has 0 atom stereocenters. The molecule has 0 unspecified atom stereocenters. The lowest BCUT2D eigenvalue weighted by Gasteiger charge is -2.09. The lowest BCUT2D eigenvalue weighted by molar-refractivity contribution is 0.0950. The van der Waals surface area contributed by atoms with Crippen LogP contribution in [0, 0.1) is 0 Å². The van der Waals surface area contributed by atoms with Crippen LogP contribution >= 0.6 is 11.6 Å². The minimum absolute atomic E-state index is 0.177. The number of halogens is 1. The zero-order valence-electron chi connectivity index (χ0n) is 14.2. The van der Waals surface area contributed by atoms with E-state index in [2.05, 4.69) is 20.8 Å². The number of aryl methyl sites for hydroxylation is 1. The highest BCUT2D eigenvalue weighted by molar-refractivity contribution is 6.30. The molecule has 0 saturated carbocycles. The maximum atomic E-state index is 12.3. The topological polar surface area (TPSA) is 81.9 Å². The van der Waals surface area contributed by atoms with E-state index in [-0.39, 0.29) is 12.5 Å². The molecular formula is C18H18ClN5O2. The molecule has 1 heterocycles. The summed E-state index contributed by atoms with van der Waals surface area (Å²) in [6.07, 6.45) is 0. The van der Waals surface area contributed by atoms with Crippen molar-refractivity contribution in [1.82, 2.24) is 25.5 Å². The summed E-state index contributed by atoms with van der Waals surface area (Å²) < 4.78 is 7.36. The van der Waals surface area contributed by atoms with Crippen molar-refractivity contribution in [3.8, 4) is 5.75 Å². The summed E-state index contributed by atoms with van der Waals surface area (Å²) in [5, 5.41) is 14.9. The quantitative estimate of drug-likeness (QED) is 0.690. The Bertz CT molecular complexity index is 879. The number of ether oxygens (including phenoxy) is 1. The van der Waals surface area contributed by atoms with Crippen LogP contribution in [0.5, 0.6) is 5.75 Å². The SMILES string of the molecule is CCn1nnnc1COc1cccc(C(=O)NCc2ccc(Cl)cc2)c1. The smallest absolute Gasteiger partial charge is 0.251 e. The van der Waals surface area contributed by atoms with Crippen molar-refractivity contribution in [3.05, 3.63) is 70.5 Å². The van der Waals surface area contributed by atoms with Crippen LogP contribution in [0.3, 0.4) is 0 Å². The number of aromatic nitrogens is 4. The number of carbonyl (C=O) groups is 1. The fraction of sp³-hybridized carbons (Fsp3) is 0.222. The summed E-state index contributed by atoms with van der Waals surface area (Å²) in [4.78, 5) is 12.3. The van der Waals surface area contributed by atoms with E-state index in [1.807, 2.05) is 19.1 Å². The summed E-state index contributed by atoms with van der Waals surface area (Å²) in [5.74, 6) is 1.03. The van der Waals surface area contributed by atoms with Gasteiger partial charge < -0.3 is 10.1 Å². The zero-order valence-corrected chi connectivity index (χ0v) is 15.0. The highest BCUT2D eigenvalue weighted by Gasteiger charge is 2.09. The molecule has 3 aromatic rings. The molecule has 1 N–H and O–H groups in total. The van der Waals surface area contributed by atoms with E-state index in [0.717, 1.165) is 5.56 Å². The molecule has 0 aliphatic carbocycles. The molecule has 0 saturated heterocycles. The maximum Gasteiger partial charge on any atom is 0.251 e. The van der Waals surface area contributed by atoms with Gasteiger partial charge in [0, 0.05) is 23.7 Å². The Morgan fingerprint density at radius 1 is 1.23 bits per heavy atom. The fourth-order valence-corrected chi connectivity index (χ4v) is 2.46. The van der Waals surface area contributed by atoms with Gasteiger partial charge in [0.15, 0.2) is 5.82 Å². The molecule has 0 aliphatic heterocycles. The monoisotopic (exact) mass is 371 g/mol. The van der Waals surface area contributed by atoms with Crippen molar-refractivity contribution < 1.29 is 9.53 Å². The van der Waals surface area contributed by atoms with Gasteiger partial charge in [-0.2, -0.15) is 0 Å². The van der Waals surface area contributed by atoms with Gasteiger partial charge in [-0.1, -0.05) is 29.8 Å². The summed E-state index contributed by atoms with van der Waals surface area (Å²) in [5.41, 5.74) is 1.49. The zero-order chi connectivity index (χ0) is 18.4. The van der Waals surface area contributed by atoms with E-state index < -0.39 is 0 Å². The molecule has 0 spiro atoms. The number of nitrogens with zero attached hydrogens (tertiary/aromatic N) is 4. The van der Waals surface area contributed by atoms with Crippen molar-refractivity contribution in [3.63, 3.8) is 0 Å². The minimum Gasteiger partial charge on any atom is -0.486 e. The van der Waals surface area contributed by atoms with Gasteiger partial charge in [0.1, 0.15) is 12.4 Å². The van der Waals surface area contributed by atoms with Crippen LogP contribution in [0.15, 0.2) is 48.5 Å². The Morgan fingerprint density at radius 2 is 2.04 bits per heavy atom. The first-order valence-corrected chi connectivity index (χ1v) is 8.54. The summed E-state index contributed by atoms with van der Waals surface area (Å²) >= 11 is 5.86. The first-order chi connectivity index (χ1) is 12.7. The Labute approximate surface area is 155 Å². The van der Waals surface area contributed by atoms with Gasteiger partial charge in [-0.15, -0.1) is 5.10 Å². The number of benzene rings is 2. The molecule has 3 rings (SSSR count). The van der Waals surface area contributed by atoms with Crippen molar-refractivity contribution in [2.24, 2.45) is 0 Å². The number of carbonyl (C=O) groups excluding carboxylic acids is 1. The lowest BCUT2D eigenvalue weighted by Crippen LogP contribution is -2.22. The van der Waals surface area contributed by atoms with Crippen molar-refractivity contribution >= 4 is 17.5 Å². The van der Waals surface area contributed by atoms with Gasteiger partial charge in [0.25, 0.3) is 5.91 Å². The van der Waals surface area contributed by atoms with Gasteiger partial charge in [0.05, 0.1) is 0 Å². The maximum absolute atomic E-state index is 12.3. The molecule has 1 aromatic heterocycles. The van der Waals surface area contributed by atoms with Crippen molar-refractivity contribution in [2.45, 2.75) is 26.6 Å². The molecule has 0 radical (unpaired) electrons. The van der Waals surface area contributed by atoms with E-state index >= 15 is 0 Å². The number of hydrogen-bond acceptors (Lipinski definition) is 5. The van der Waals surface area contributed by atoms with E-state index in [1.165, 1.54) is 0 Å². The number of nitrogens with one attached hydrogen (secondary N) is 1. The standard InChI is InChI=1S/C18H18ClN5O2/c1-2-24-17(21-22-23-24)12-26-16-5-3-4-14(10-16)18(25)20-11-13-6-8-15(19)9-7-13/h3-10H,2,11-12H2,1H3,(H,20,25). The van der Waals surface area contributed by atoms with Gasteiger partial charge >= 0.3 is 0 Å². The van der Waals surface area contributed by atoms with Gasteiger partial charge in [-0.25, -0.2) is 4.68 Å².